The summed E-state index contributed by atoms with van der Waals surface area (Å²) < 4.78 is 5.17. The number of fused-ring (bicyclic) bond motifs is 1. The van der Waals surface area contributed by atoms with Crippen LogP contribution >= 0.6 is 11.8 Å². The van der Waals surface area contributed by atoms with Gasteiger partial charge in [-0.25, -0.2) is 0 Å². The van der Waals surface area contributed by atoms with Crippen LogP contribution in [0.3, 0.4) is 0 Å². The lowest BCUT2D eigenvalue weighted by atomic mass is 10.1. The highest BCUT2D eigenvalue weighted by Gasteiger charge is 2.34. The number of thioether (sulfide) groups is 1. The molecule has 0 bridgehead atoms. The molecular weight excluding hydrogens is 424 g/mol. The summed E-state index contributed by atoms with van der Waals surface area (Å²) in [5, 5.41) is 2.90. The van der Waals surface area contributed by atoms with Crippen LogP contribution in [-0.2, 0) is 0 Å². The van der Waals surface area contributed by atoms with Crippen molar-refractivity contribution < 1.29 is 19.1 Å². The maximum Gasteiger partial charge on any atom is 0.261 e. The van der Waals surface area contributed by atoms with Crippen molar-refractivity contribution in [1.82, 2.24) is 4.90 Å². The second-order valence-corrected chi connectivity index (χ2v) is 8.39. The van der Waals surface area contributed by atoms with Gasteiger partial charge >= 0.3 is 0 Å². The van der Waals surface area contributed by atoms with E-state index in [0.29, 0.717) is 41.1 Å². The van der Waals surface area contributed by atoms with Gasteiger partial charge in [-0.3, -0.25) is 19.3 Å². The van der Waals surface area contributed by atoms with E-state index < -0.39 is 0 Å². The van der Waals surface area contributed by atoms with Crippen molar-refractivity contribution in [1.29, 1.82) is 0 Å². The third-order valence-electron chi connectivity index (χ3n) is 5.10. The zero-order chi connectivity index (χ0) is 22.5. The summed E-state index contributed by atoms with van der Waals surface area (Å²) in [5.41, 5.74) is 2.17. The van der Waals surface area contributed by atoms with Crippen LogP contribution in [0.5, 0.6) is 5.75 Å². The summed E-state index contributed by atoms with van der Waals surface area (Å²) in [4.78, 5) is 39.7. The second kappa shape index (κ2) is 9.70. The summed E-state index contributed by atoms with van der Waals surface area (Å²) in [6, 6.07) is 21.5. The number of benzene rings is 3. The largest absolute Gasteiger partial charge is 0.497 e. The molecule has 0 saturated carbocycles. The molecule has 7 heteroatoms. The van der Waals surface area contributed by atoms with Crippen LogP contribution in [0, 0.1) is 0 Å². The summed E-state index contributed by atoms with van der Waals surface area (Å²) in [7, 11) is 1.56. The van der Waals surface area contributed by atoms with Crippen molar-refractivity contribution in [3.8, 4) is 5.75 Å². The van der Waals surface area contributed by atoms with Crippen LogP contribution in [0.1, 0.15) is 37.5 Å². The van der Waals surface area contributed by atoms with Gasteiger partial charge in [0.05, 0.1) is 18.2 Å². The summed E-state index contributed by atoms with van der Waals surface area (Å²) in [6.45, 7) is 0.381. The molecule has 1 N–H and O–H groups in total. The molecule has 0 aromatic heterocycles. The smallest absolute Gasteiger partial charge is 0.261 e. The van der Waals surface area contributed by atoms with Crippen LogP contribution in [0.4, 0.5) is 5.69 Å². The molecule has 6 nitrogen and oxygen atoms in total. The van der Waals surface area contributed by atoms with Gasteiger partial charge in [0.2, 0.25) is 0 Å². The number of hydrogen-bond donors (Lipinski definition) is 1. The van der Waals surface area contributed by atoms with E-state index >= 15 is 0 Å². The van der Waals surface area contributed by atoms with Gasteiger partial charge in [-0.1, -0.05) is 24.3 Å². The maximum atomic E-state index is 12.5. The molecule has 162 valence electrons. The minimum atomic E-state index is -0.224. The minimum Gasteiger partial charge on any atom is -0.497 e. The van der Waals surface area contributed by atoms with Crippen LogP contribution < -0.4 is 10.1 Å². The molecule has 0 radical (unpaired) electrons. The molecule has 1 aliphatic heterocycles. The third kappa shape index (κ3) is 4.68. The Hall–Kier alpha value is -3.58. The number of ether oxygens (including phenoxy) is 1. The number of anilines is 1. The first-order valence-corrected chi connectivity index (χ1v) is 11.2. The van der Waals surface area contributed by atoms with Gasteiger partial charge in [0.25, 0.3) is 17.7 Å². The van der Waals surface area contributed by atoms with E-state index in [2.05, 4.69) is 5.32 Å². The van der Waals surface area contributed by atoms with E-state index in [0.717, 1.165) is 10.6 Å². The van der Waals surface area contributed by atoms with E-state index in [1.165, 1.54) is 4.90 Å². The summed E-state index contributed by atoms with van der Waals surface area (Å²) in [6.07, 6.45) is 0.677. The molecule has 0 unspecified atom stereocenters. The van der Waals surface area contributed by atoms with Gasteiger partial charge < -0.3 is 10.1 Å². The second-order valence-electron chi connectivity index (χ2n) is 7.22. The Kier molecular flexibility index (Phi) is 6.56. The first-order valence-electron chi connectivity index (χ1n) is 10.2. The van der Waals surface area contributed by atoms with E-state index in [-0.39, 0.29) is 17.7 Å². The van der Waals surface area contributed by atoms with Gasteiger partial charge in [0.1, 0.15) is 5.75 Å². The Balaban J connectivity index is 1.30. The zero-order valence-electron chi connectivity index (χ0n) is 17.5. The molecule has 3 aromatic carbocycles. The Labute approximate surface area is 190 Å². The Morgan fingerprint density at radius 3 is 2.38 bits per heavy atom. The van der Waals surface area contributed by atoms with Crippen LogP contribution in [0.15, 0.2) is 77.7 Å². The lowest BCUT2D eigenvalue weighted by Crippen LogP contribution is -2.30. The number of rotatable bonds is 8. The average molecular weight is 447 g/mol. The zero-order valence-corrected chi connectivity index (χ0v) is 18.4. The molecule has 3 amide bonds. The number of carbonyl (C=O) groups is 3. The lowest BCUT2D eigenvalue weighted by molar-refractivity contribution is 0.0654. The third-order valence-corrected chi connectivity index (χ3v) is 6.18. The number of hydrogen-bond acceptors (Lipinski definition) is 5. The predicted octanol–water partition coefficient (Wildman–Crippen LogP) is 4.73. The average Bonchev–Trinajstić information content (AvgIpc) is 3.07. The lowest BCUT2D eigenvalue weighted by Gasteiger charge is -2.13. The number of nitrogens with zero attached hydrogens (tertiary/aromatic N) is 1. The fourth-order valence-electron chi connectivity index (χ4n) is 3.49. The molecule has 0 saturated heterocycles. The molecule has 4 rings (SSSR count). The summed E-state index contributed by atoms with van der Waals surface area (Å²) in [5.74, 6) is 0.702. The van der Waals surface area contributed by atoms with Gasteiger partial charge in [0.15, 0.2) is 0 Å². The van der Waals surface area contributed by atoms with Gasteiger partial charge in [-0.2, -0.15) is 0 Å². The molecule has 32 heavy (non-hydrogen) atoms. The van der Waals surface area contributed by atoms with Gasteiger partial charge in [-0.05, 0) is 60.7 Å². The van der Waals surface area contributed by atoms with Crippen molar-refractivity contribution >= 4 is 35.2 Å². The highest BCUT2D eigenvalue weighted by Crippen LogP contribution is 2.25. The normalized spacial score (nSPS) is 12.6. The van der Waals surface area contributed by atoms with Crippen LogP contribution in [0.25, 0.3) is 0 Å². The Bertz CT molecular complexity index is 1140. The highest BCUT2D eigenvalue weighted by molar-refractivity contribution is 7.99. The van der Waals surface area contributed by atoms with Crippen molar-refractivity contribution in [2.24, 2.45) is 0 Å². The van der Waals surface area contributed by atoms with Crippen molar-refractivity contribution in [3.63, 3.8) is 0 Å². The maximum absolute atomic E-state index is 12.5. The fourth-order valence-corrected chi connectivity index (χ4v) is 4.38. The van der Waals surface area contributed by atoms with Crippen molar-refractivity contribution in [2.45, 2.75) is 11.3 Å². The molecule has 0 aliphatic carbocycles. The quantitative estimate of drug-likeness (QED) is 0.308. The first kappa shape index (κ1) is 21.6. The van der Waals surface area contributed by atoms with E-state index in [4.69, 9.17) is 4.74 Å². The molecule has 3 aromatic rings. The Morgan fingerprint density at radius 1 is 0.938 bits per heavy atom. The van der Waals surface area contributed by atoms with Gasteiger partial charge in [0, 0.05) is 22.7 Å². The number of amides is 3. The topological polar surface area (TPSA) is 75.7 Å². The molecule has 0 spiro atoms. The highest BCUT2D eigenvalue weighted by atomic mass is 32.2. The molecule has 0 fully saturated rings. The summed E-state index contributed by atoms with van der Waals surface area (Å²) >= 11 is 1.61. The molecular formula is C25H22N2O4S. The van der Waals surface area contributed by atoms with Crippen LogP contribution in [0.2, 0.25) is 0 Å². The molecule has 1 heterocycles. The monoisotopic (exact) mass is 446 g/mol. The SMILES string of the molecule is COc1cccc(C(=O)Nc2cccc(SCCCN3C(=O)c4ccccc4C3=O)c2)c1. The number of nitrogens with one attached hydrogen (secondary N) is 1. The predicted molar refractivity (Wildman–Crippen MR) is 125 cm³/mol. The minimum absolute atomic E-state index is 0.211. The Morgan fingerprint density at radius 2 is 1.66 bits per heavy atom. The van der Waals surface area contributed by atoms with Crippen LogP contribution in [-0.4, -0.2) is 42.0 Å². The molecule has 0 atom stereocenters. The van der Waals surface area contributed by atoms with E-state index in [1.807, 2.05) is 24.3 Å². The van der Waals surface area contributed by atoms with Crippen molar-refractivity contribution in [3.05, 3.63) is 89.5 Å². The van der Waals surface area contributed by atoms with E-state index in [1.54, 1.807) is 67.4 Å². The first-order chi connectivity index (χ1) is 15.6. The van der Waals surface area contributed by atoms with Crippen molar-refractivity contribution in [2.75, 3.05) is 24.7 Å². The molecule has 1 aliphatic rings. The number of carbonyl (C=O) groups excluding carboxylic acids is 3. The number of imide groups is 1. The standard InChI is InChI=1S/C25H22N2O4S/c1-31-19-9-4-7-17(15-19)23(28)26-18-8-5-10-20(16-18)32-14-6-13-27-24(29)21-11-2-3-12-22(21)25(27)30/h2-5,7-12,15-16H,6,13-14H2,1H3,(H,26,28). The van der Waals surface area contributed by atoms with Gasteiger partial charge in [-0.15, -0.1) is 11.8 Å². The number of methoxy groups -OCH3 is 1. The fraction of sp³-hybridized carbons (Fsp3) is 0.160. The van der Waals surface area contributed by atoms with E-state index in [9.17, 15) is 14.4 Å².